The fraction of sp³-hybridized carbons (Fsp3) is 0.625. The van der Waals surface area contributed by atoms with E-state index in [-0.39, 0.29) is 0 Å². The fourth-order valence-corrected chi connectivity index (χ4v) is 3.02. The summed E-state index contributed by atoms with van der Waals surface area (Å²) in [5.74, 6) is 0.951. The van der Waals surface area contributed by atoms with Crippen molar-refractivity contribution < 1.29 is 0 Å². The van der Waals surface area contributed by atoms with Crippen molar-refractivity contribution in [1.82, 2.24) is 5.32 Å². The molecule has 0 amide bonds. The van der Waals surface area contributed by atoms with Crippen LogP contribution in [0.2, 0.25) is 0 Å². The highest BCUT2D eigenvalue weighted by molar-refractivity contribution is 5.36. The summed E-state index contributed by atoms with van der Waals surface area (Å²) in [7, 11) is 0. The van der Waals surface area contributed by atoms with Gasteiger partial charge in [0.15, 0.2) is 0 Å². The number of fused-ring (bicyclic) bond motifs is 1. The van der Waals surface area contributed by atoms with Crippen molar-refractivity contribution in [3.8, 4) is 0 Å². The summed E-state index contributed by atoms with van der Waals surface area (Å²) in [6, 6.07) is 7.62. The van der Waals surface area contributed by atoms with Crippen LogP contribution in [0, 0.1) is 5.92 Å². The number of nitrogens with one attached hydrogen (secondary N) is 1. The van der Waals surface area contributed by atoms with Crippen molar-refractivity contribution in [1.29, 1.82) is 0 Å². The molecule has 0 radical (unpaired) electrons. The molecular weight excluding hydrogens is 206 g/mol. The third-order valence-corrected chi connectivity index (χ3v) is 4.56. The third kappa shape index (κ3) is 2.40. The lowest BCUT2D eigenvalue weighted by atomic mass is 9.85. The summed E-state index contributed by atoms with van der Waals surface area (Å²) in [6.07, 6.45) is 8.24. The molecule has 0 heterocycles. The maximum absolute atomic E-state index is 3.69. The Kier molecular flexibility index (Phi) is 3.19. The standard InChI is InChI=1S/C16H23N/c1-12(17-11-13-4-2-5-13)15-9-8-14-6-3-7-16(14)10-15/h8-10,12-13,17H,2-7,11H2,1H3. The Morgan fingerprint density at radius 1 is 1.18 bits per heavy atom. The lowest BCUT2D eigenvalue weighted by molar-refractivity contribution is 0.292. The van der Waals surface area contributed by atoms with E-state index in [0.29, 0.717) is 6.04 Å². The molecule has 1 N–H and O–H groups in total. The first kappa shape index (κ1) is 11.3. The van der Waals surface area contributed by atoms with Gasteiger partial charge >= 0.3 is 0 Å². The van der Waals surface area contributed by atoms with Crippen molar-refractivity contribution in [3.05, 3.63) is 34.9 Å². The summed E-state index contributed by atoms with van der Waals surface area (Å²) in [4.78, 5) is 0. The Morgan fingerprint density at radius 2 is 2.00 bits per heavy atom. The van der Waals surface area contributed by atoms with E-state index >= 15 is 0 Å². The zero-order valence-corrected chi connectivity index (χ0v) is 10.8. The summed E-state index contributed by atoms with van der Waals surface area (Å²) < 4.78 is 0. The van der Waals surface area contributed by atoms with Crippen LogP contribution in [0.3, 0.4) is 0 Å². The number of aryl methyl sites for hydroxylation is 2. The van der Waals surface area contributed by atoms with Crippen molar-refractivity contribution in [2.45, 2.75) is 51.5 Å². The van der Waals surface area contributed by atoms with Crippen molar-refractivity contribution in [3.63, 3.8) is 0 Å². The minimum atomic E-state index is 0.515. The van der Waals surface area contributed by atoms with Crippen molar-refractivity contribution in [2.24, 2.45) is 5.92 Å². The molecule has 1 fully saturated rings. The monoisotopic (exact) mass is 229 g/mol. The molecule has 2 aliphatic carbocycles. The maximum atomic E-state index is 3.69. The molecule has 1 unspecified atom stereocenters. The number of rotatable bonds is 4. The Balaban J connectivity index is 1.62. The van der Waals surface area contributed by atoms with Gasteiger partial charge in [0.05, 0.1) is 0 Å². The lowest BCUT2D eigenvalue weighted by Gasteiger charge is -2.27. The van der Waals surface area contributed by atoms with Gasteiger partial charge in [-0.2, -0.15) is 0 Å². The predicted molar refractivity (Wildman–Crippen MR) is 72.2 cm³/mol. The maximum Gasteiger partial charge on any atom is 0.0292 e. The fourth-order valence-electron chi connectivity index (χ4n) is 3.02. The van der Waals surface area contributed by atoms with E-state index in [9.17, 15) is 0 Å². The van der Waals surface area contributed by atoms with Gasteiger partial charge in [-0.05, 0) is 68.2 Å². The molecule has 0 saturated heterocycles. The second-order valence-electron chi connectivity index (χ2n) is 5.81. The summed E-state index contributed by atoms with van der Waals surface area (Å²) in [5, 5.41) is 3.69. The summed E-state index contributed by atoms with van der Waals surface area (Å²) in [6.45, 7) is 3.51. The topological polar surface area (TPSA) is 12.0 Å². The van der Waals surface area contributed by atoms with Crippen LogP contribution < -0.4 is 5.32 Å². The molecule has 3 rings (SSSR count). The molecule has 0 aromatic heterocycles. The molecule has 0 aliphatic heterocycles. The lowest BCUT2D eigenvalue weighted by Crippen LogP contribution is -2.29. The van der Waals surface area contributed by atoms with E-state index in [2.05, 4.69) is 30.4 Å². The van der Waals surface area contributed by atoms with Crippen LogP contribution in [-0.2, 0) is 12.8 Å². The highest BCUT2D eigenvalue weighted by Gasteiger charge is 2.18. The van der Waals surface area contributed by atoms with Gasteiger partial charge in [-0.15, -0.1) is 0 Å². The van der Waals surface area contributed by atoms with Crippen LogP contribution in [0.1, 0.15) is 55.3 Å². The second kappa shape index (κ2) is 4.81. The van der Waals surface area contributed by atoms with E-state index in [0.717, 1.165) is 5.92 Å². The molecule has 1 aromatic rings. The molecule has 1 saturated carbocycles. The molecule has 1 aromatic carbocycles. The van der Waals surface area contributed by atoms with E-state index in [1.807, 2.05) is 0 Å². The Hall–Kier alpha value is -0.820. The van der Waals surface area contributed by atoms with Gasteiger partial charge in [-0.1, -0.05) is 24.6 Å². The summed E-state index contributed by atoms with van der Waals surface area (Å²) in [5.41, 5.74) is 4.66. The zero-order chi connectivity index (χ0) is 11.7. The smallest absolute Gasteiger partial charge is 0.0292 e. The van der Waals surface area contributed by atoms with E-state index in [4.69, 9.17) is 0 Å². The molecule has 0 bridgehead atoms. The third-order valence-electron chi connectivity index (χ3n) is 4.56. The van der Waals surface area contributed by atoms with Gasteiger partial charge < -0.3 is 5.32 Å². The molecule has 0 spiro atoms. The molecule has 92 valence electrons. The molecule has 1 heteroatoms. The van der Waals surface area contributed by atoms with E-state index in [1.54, 1.807) is 11.1 Å². The first-order valence-corrected chi connectivity index (χ1v) is 7.18. The predicted octanol–water partition coefficient (Wildman–Crippen LogP) is 3.63. The van der Waals surface area contributed by atoms with Gasteiger partial charge in [-0.3, -0.25) is 0 Å². The van der Waals surface area contributed by atoms with Crippen molar-refractivity contribution in [2.75, 3.05) is 6.54 Å². The van der Waals surface area contributed by atoms with Crippen LogP contribution >= 0.6 is 0 Å². The highest BCUT2D eigenvalue weighted by atomic mass is 14.9. The molecular formula is C16H23N. The minimum Gasteiger partial charge on any atom is -0.310 e. The van der Waals surface area contributed by atoms with Gasteiger partial charge in [0, 0.05) is 6.04 Å². The second-order valence-corrected chi connectivity index (χ2v) is 5.81. The molecule has 2 aliphatic rings. The van der Waals surface area contributed by atoms with Crippen LogP contribution in [0.5, 0.6) is 0 Å². The Morgan fingerprint density at radius 3 is 2.76 bits per heavy atom. The first-order valence-electron chi connectivity index (χ1n) is 7.18. The molecule has 1 nitrogen and oxygen atoms in total. The van der Waals surface area contributed by atoms with Gasteiger partial charge in [0.25, 0.3) is 0 Å². The Bertz CT molecular complexity index is 393. The van der Waals surface area contributed by atoms with Crippen LogP contribution in [0.25, 0.3) is 0 Å². The van der Waals surface area contributed by atoms with Gasteiger partial charge in [0.2, 0.25) is 0 Å². The van der Waals surface area contributed by atoms with Crippen molar-refractivity contribution >= 4 is 0 Å². The van der Waals surface area contributed by atoms with Crippen LogP contribution in [0.15, 0.2) is 18.2 Å². The number of benzene rings is 1. The van der Waals surface area contributed by atoms with E-state index in [1.165, 1.54) is 50.6 Å². The highest BCUT2D eigenvalue weighted by Crippen LogP contribution is 2.28. The largest absolute Gasteiger partial charge is 0.310 e. The average molecular weight is 229 g/mol. The van der Waals surface area contributed by atoms with Gasteiger partial charge in [0.1, 0.15) is 0 Å². The minimum absolute atomic E-state index is 0.515. The molecule has 17 heavy (non-hydrogen) atoms. The van der Waals surface area contributed by atoms with Crippen LogP contribution in [0.4, 0.5) is 0 Å². The molecule has 1 atom stereocenters. The van der Waals surface area contributed by atoms with Gasteiger partial charge in [-0.25, -0.2) is 0 Å². The number of hydrogen-bond acceptors (Lipinski definition) is 1. The Labute approximate surface area is 105 Å². The zero-order valence-electron chi connectivity index (χ0n) is 10.8. The normalized spacial score (nSPS) is 21.0. The SMILES string of the molecule is CC(NCC1CCC1)c1ccc2c(c1)CCC2. The summed E-state index contributed by atoms with van der Waals surface area (Å²) >= 11 is 0. The first-order chi connectivity index (χ1) is 8.33. The van der Waals surface area contributed by atoms with E-state index < -0.39 is 0 Å². The van der Waals surface area contributed by atoms with Crippen LogP contribution in [-0.4, -0.2) is 6.54 Å². The average Bonchev–Trinajstić information content (AvgIpc) is 2.73. The quantitative estimate of drug-likeness (QED) is 0.831. The number of hydrogen-bond donors (Lipinski definition) is 1.